The summed E-state index contributed by atoms with van der Waals surface area (Å²) in [6.07, 6.45) is 9.01. The quantitative estimate of drug-likeness (QED) is 0.577. The third-order valence-electron chi connectivity index (χ3n) is 10.8. The molecule has 6 heteroatoms. The molecule has 4 fully saturated rings. The Morgan fingerprint density at radius 1 is 1.06 bits per heavy atom. The number of carbonyl (C=O) groups is 2. The summed E-state index contributed by atoms with van der Waals surface area (Å²) in [5, 5.41) is 34.8. The molecule has 0 aromatic carbocycles. The molecule has 0 bridgehead atoms. The standard InChI is InChI=1S/C26H43NO5/c1-15(4-9-23(30)27-14-24(31)32)19-7-8-20-18-6-5-16-12-17(28)10-11-25(16,2)21(18)13-22(29)26(19,20)3/h15-22,28-29H,4-14H2,1-3H3,(H,27,30)(H,31,32)/p-1. The molecule has 10 atom stereocenters. The van der Waals surface area contributed by atoms with Gasteiger partial charge in [0.1, 0.15) is 0 Å². The Bertz CT molecular complexity index is 727. The molecule has 6 nitrogen and oxygen atoms in total. The van der Waals surface area contributed by atoms with Crippen molar-refractivity contribution in [2.24, 2.45) is 46.3 Å². The van der Waals surface area contributed by atoms with Gasteiger partial charge in [0, 0.05) is 6.42 Å². The molecule has 10 unspecified atom stereocenters. The summed E-state index contributed by atoms with van der Waals surface area (Å²) in [5.74, 6) is 1.50. The lowest BCUT2D eigenvalue weighted by molar-refractivity contribution is -0.304. The summed E-state index contributed by atoms with van der Waals surface area (Å²) in [5.41, 5.74) is 0.130. The molecule has 1 amide bonds. The largest absolute Gasteiger partial charge is 0.548 e. The minimum atomic E-state index is -1.27. The zero-order valence-corrected chi connectivity index (χ0v) is 20.0. The normalized spacial score (nSPS) is 46.5. The second-order valence-electron chi connectivity index (χ2n) is 12.1. The van der Waals surface area contributed by atoms with E-state index < -0.39 is 12.5 Å². The number of carbonyl (C=O) groups excluding carboxylic acids is 2. The molecule has 0 aliphatic heterocycles. The Labute approximate surface area is 192 Å². The van der Waals surface area contributed by atoms with Crippen LogP contribution in [0.25, 0.3) is 0 Å². The van der Waals surface area contributed by atoms with Gasteiger partial charge in [0.25, 0.3) is 0 Å². The van der Waals surface area contributed by atoms with E-state index in [0.717, 1.165) is 38.5 Å². The predicted octanol–water partition coefficient (Wildman–Crippen LogP) is 2.26. The molecule has 0 aromatic rings. The van der Waals surface area contributed by atoms with Crippen LogP contribution in [0.4, 0.5) is 0 Å². The van der Waals surface area contributed by atoms with Gasteiger partial charge in [0.05, 0.1) is 24.7 Å². The fourth-order valence-corrected chi connectivity index (χ4v) is 8.98. The van der Waals surface area contributed by atoms with E-state index in [-0.39, 0.29) is 28.9 Å². The van der Waals surface area contributed by atoms with Crippen LogP contribution in [-0.2, 0) is 9.59 Å². The van der Waals surface area contributed by atoms with Crippen molar-refractivity contribution in [1.82, 2.24) is 5.32 Å². The van der Waals surface area contributed by atoms with E-state index in [0.29, 0.717) is 48.3 Å². The van der Waals surface area contributed by atoms with Crippen LogP contribution in [0.3, 0.4) is 0 Å². The maximum atomic E-state index is 12.0. The number of carboxylic acids is 1. The Kier molecular flexibility index (Phi) is 6.68. The van der Waals surface area contributed by atoms with E-state index in [2.05, 4.69) is 26.1 Å². The maximum Gasteiger partial charge on any atom is 0.220 e. The lowest BCUT2D eigenvalue weighted by Gasteiger charge is -2.62. The van der Waals surface area contributed by atoms with Gasteiger partial charge < -0.3 is 25.4 Å². The Morgan fingerprint density at radius 3 is 2.53 bits per heavy atom. The van der Waals surface area contributed by atoms with Gasteiger partial charge in [-0.1, -0.05) is 20.8 Å². The summed E-state index contributed by atoms with van der Waals surface area (Å²) >= 11 is 0. The van der Waals surface area contributed by atoms with E-state index in [1.165, 1.54) is 12.8 Å². The number of carboxylic acid groups (broad SMARTS) is 1. The summed E-state index contributed by atoms with van der Waals surface area (Å²) < 4.78 is 0. The topological polar surface area (TPSA) is 110 Å². The molecule has 4 aliphatic carbocycles. The summed E-state index contributed by atoms with van der Waals surface area (Å²) in [4.78, 5) is 22.6. The van der Waals surface area contributed by atoms with Gasteiger partial charge in [-0.15, -0.1) is 0 Å². The van der Waals surface area contributed by atoms with Crippen LogP contribution in [0.1, 0.15) is 85.0 Å². The predicted molar refractivity (Wildman–Crippen MR) is 119 cm³/mol. The summed E-state index contributed by atoms with van der Waals surface area (Å²) in [7, 11) is 0. The fraction of sp³-hybridized carbons (Fsp3) is 0.923. The Hall–Kier alpha value is -1.14. The number of hydrogen-bond acceptors (Lipinski definition) is 5. The first kappa shape index (κ1) is 24.0. The van der Waals surface area contributed by atoms with Crippen LogP contribution in [-0.4, -0.2) is 40.8 Å². The van der Waals surface area contributed by atoms with Crippen molar-refractivity contribution in [3.05, 3.63) is 0 Å². The molecule has 4 aliphatic rings. The average Bonchev–Trinajstić information content (AvgIpc) is 3.10. The molecule has 0 heterocycles. The zero-order valence-electron chi connectivity index (χ0n) is 20.0. The highest BCUT2D eigenvalue weighted by Crippen LogP contribution is 2.68. The number of fused-ring (bicyclic) bond motifs is 5. The van der Waals surface area contributed by atoms with E-state index in [1.54, 1.807) is 0 Å². The third kappa shape index (κ3) is 4.00. The molecule has 4 rings (SSSR count). The fourth-order valence-electron chi connectivity index (χ4n) is 8.98. The van der Waals surface area contributed by atoms with E-state index in [4.69, 9.17) is 0 Å². The van der Waals surface area contributed by atoms with Crippen molar-refractivity contribution in [3.63, 3.8) is 0 Å². The van der Waals surface area contributed by atoms with Crippen LogP contribution >= 0.6 is 0 Å². The van der Waals surface area contributed by atoms with Crippen LogP contribution in [0.15, 0.2) is 0 Å². The third-order valence-corrected chi connectivity index (χ3v) is 10.8. The van der Waals surface area contributed by atoms with Gasteiger partial charge in [-0.2, -0.15) is 0 Å². The molecular weight excluding hydrogens is 406 g/mol. The number of aliphatic hydroxyl groups excluding tert-OH is 2. The number of aliphatic carboxylic acids is 1. The van der Waals surface area contributed by atoms with E-state index in [9.17, 15) is 24.9 Å². The van der Waals surface area contributed by atoms with E-state index in [1.807, 2.05) is 0 Å². The molecule has 0 saturated heterocycles. The number of aliphatic hydroxyl groups is 2. The van der Waals surface area contributed by atoms with Crippen LogP contribution in [0.2, 0.25) is 0 Å². The number of hydrogen-bond donors (Lipinski definition) is 3. The van der Waals surface area contributed by atoms with Crippen molar-refractivity contribution < 1.29 is 24.9 Å². The summed E-state index contributed by atoms with van der Waals surface area (Å²) in [6, 6.07) is 0. The molecule has 4 saturated carbocycles. The maximum absolute atomic E-state index is 12.0. The smallest absolute Gasteiger partial charge is 0.220 e. The first-order chi connectivity index (χ1) is 15.1. The van der Waals surface area contributed by atoms with Gasteiger partial charge in [-0.25, -0.2) is 0 Å². The second kappa shape index (κ2) is 8.90. The molecule has 32 heavy (non-hydrogen) atoms. The number of nitrogens with one attached hydrogen (secondary N) is 1. The lowest BCUT2D eigenvalue weighted by Crippen LogP contribution is -2.58. The van der Waals surface area contributed by atoms with Crippen molar-refractivity contribution in [2.75, 3.05) is 6.54 Å². The highest BCUT2D eigenvalue weighted by Gasteiger charge is 2.63. The highest BCUT2D eigenvalue weighted by molar-refractivity contribution is 5.80. The van der Waals surface area contributed by atoms with Crippen LogP contribution in [0, 0.1) is 46.3 Å². The Morgan fingerprint density at radius 2 is 1.81 bits per heavy atom. The Balaban J connectivity index is 1.45. The first-order valence-corrected chi connectivity index (χ1v) is 12.9. The monoisotopic (exact) mass is 448 g/mol. The van der Waals surface area contributed by atoms with Gasteiger partial charge >= 0.3 is 0 Å². The van der Waals surface area contributed by atoms with Gasteiger partial charge in [0.15, 0.2) is 0 Å². The van der Waals surface area contributed by atoms with Crippen molar-refractivity contribution in [1.29, 1.82) is 0 Å². The van der Waals surface area contributed by atoms with Crippen LogP contribution in [0.5, 0.6) is 0 Å². The molecular formula is C26H42NO5-. The minimum absolute atomic E-state index is 0.112. The zero-order chi connectivity index (χ0) is 23.3. The van der Waals surface area contributed by atoms with Gasteiger partial charge in [-0.05, 0) is 104 Å². The molecule has 0 aromatic heterocycles. The highest BCUT2D eigenvalue weighted by atomic mass is 16.4. The number of rotatable bonds is 6. The van der Waals surface area contributed by atoms with Crippen molar-refractivity contribution in [2.45, 2.75) is 97.2 Å². The van der Waals surface area contributed by atoms with Crippen molar-refractivity contribution in [3.8, 4) is 0 Å². The SMILES string of the molecule is CC(CCC(=O)NCC(=O)[O-])C1CCC2C3CCC4CC(O)CCC4(C)C3CC(O)C12C. The molecule has 3 N–H and O–H groups in total. The van der Waals surface area contributed by atoms with Crippen LogP contribution < -0.4 is 10.4 Å². The van der Waals surface area contributed by atoms with E-state index >= 15 is 0 Å². The summed E-state index contributed by atoms with van der Waals surface area (Å²) in [6.45, 7) is 6.51. The molecule has 0 spiro atoms. The first-order valence-electron chi connectivity index (χ1n) is 12.9. The second-order valence-corrected chi connectivity index (χ2v) is 12.1. The molecule has 0 radical (unpaired) electrons. The number of amides is 1. The average molecular weight is 449 g/mol. The lowest BCUT2D eigenvalue weighted by atomic mass is 9.43. The van der Waals surface area contributed by atoms with Gasteiger partial charge in [0.2, 0.25) is 5.91 Å². The molecule has 182 valence electrons. The minimum Gasteiger partial charge on any atom is -0.548 e. The van der Waals surface area contributed by atoms with Gasteiger partial charge in [-0.3, -0.25) is 4.79 Å². The van der Waals surface area contributed by atoms with Crippen molar-refractivity contribution >= 4 is 11.9 Å².